The van der Waals surface area contributed by atoms with Crippen LogP contribution in [0.4, 0.5) is 9.18 Å². The molecule has 2 aromatic carbocycles. The van der Waals surface area contributed by atoms with Gasteiger partial charge in [-0.15, -0.1) is 0 Å². The SMILES string of the molecule is COc1ccc(OCc2c(Cl)cc(F)cc2C(C)N2CCN(C(=O)OC(C)(C)C)CC2=O)cc1. The summed E-state index contributed by atoms with van der Waals surface area (Å²) < 4.78 is 30.7. The van der Waals surface area contributed by atoms with Crippen LogP contribution in [0.5, 0.6) is 11.5 Å². The van der Waals surface area contributed by atoms with Crippen molar-refractivity contribution in [1.82, 2.24) is 9.80 Å². The molecular weight excluding hydrogens is 463 g/mol. The second-order valence-electron chi connectivity index (χ2n) is 9.08. The van der Waals surface area contributed by atoms with Crippen molar-refractivity contribution in [3.05, 3.63) is 58.4 Å². The van der Waals surface area contributed by atoms with Gasteiger partial charge in [-0.3, -0.25) is 9.69 Å². The molecule has 0 saturated carbocycles. The lowest BCUT2D eigenvalue weighted by molar-refractivity contribution is -0.138. The minimum Gasteiger partial charge on any atom is -0.497 e. The largest absolute Gasteiger partial charge is 0.497 e. The van der Waals surface area contributed by atoms with Crippen molar-refractivity contribution in [2.75, 3.05) is 26.7 Å². The van der Waals surface area contributed by atoms with Crippen molar-refractivity contribution in [3.8, 4) is 11.5 Å². The van der Waals surface area contributed by atoms with E-state index in [1.807, 2.05) is 6.92 Å². The van der Waals surface area contributed by atoms with E-state index < -0.39 is 23.6 Å². The first-order valence-corrected chi connectivity index (χ1v) is 11.4. The molecule has 0 spiro atoms. The number of carbonyl (C=O) groups excluding carboxylic acids is 2. The van der Waals surface area contributed by atoms with E-state index in [4.69, 9.17) is 25.8 Å². The first-order valence-electron chi connectivity index (χ1n) is 11.0. The summed E-state index contributed by atoms with van der Waals surface area (Å²) in [5, 5.41) is 0.218. The molecule has 184 valence electrons. The van der Waals surface area contributed by atoms with Crippen LogP contribution in [0.2, 0.25) is 5.02 Å². The first-order chi connectivity index (χ1) is 16.0. The quantitative estimate of drug-likeness (QED) is 0.554. The Bertz CT molecular complexity index is 1040. The molecule has 0 N–H and O–H groups in total. The van der Waals surface area contributed by atoms with E-state index in [2.05, 4.69) is 0 Å². The Morgan fingerprint density at radius 1 is 1.15 bits per heavy atom. The molecule has 1 saturated heterocycles. The monoisotopic (exact) mass is 492 g/mol. The standard InChI is InChI=1S/C25H30ClFN2O5/c1-16(29-11-10-28(14-23(29)30)24(31)34-25(2,3)4)20-12-17(27)13-22(26)21(20)15-33-19-8-6-18(32-5)7-9-19/h6-9,12-13,16H,10-11,14-15H2,1-5H3. The lowest BCUT2D eigenvalue weighted by Crippen LogP contribution is -2.53. The molecule has 3 rings (SSSR count). The summed E-state index contributed by atoms with van der Waals surface area (Å²) in [6, 6.07) is 9.19. The van der Waals surface area contributed by atoms with E-state index in [0.29, 0.717) is 29.2 Å². The zero-order valence-corrected chi connectivity index (χ0v) is 20.8. The molecule has 1 fully saturated rings. The van der Waals surface area contributed by atoms with Crippen LogP contribution in [0, 0.1) is 5.82 Å². The number of amides is 2. The highest BCUT2D eigenvalue weighted by Crippen LogP contribution is 2.32. The molecule has 0 aliphatic carbocycles. The van der Waals surface area contributed by atoms with E-state index in [1.54, 1.807) is 57.0 Å². The van der Waals surface area contributed by atoms with Crippen LogP contribution in [0.15, 0.2) is 36.4 Å². The number of halogens is 2. The number of hydrogen-bond acceptors (Lipinski definition) is 5. The summed E-state index contributed by atoms with van der Waals surface area (Å²) in [5.74, 6) is 0.541. The zero-order chi connectivity index (χ0) is 25.0. The normalized spacial score (nSPS) is 15.2. The second-order valence-corrected chi connectivity index (χ2v) is 9.49. The van der Waals surface area contributed by atoms with Crippen molar-refractivity contribution in [2.45, 2.75) is 45.9 Å². The van der Waals surface area contributed by atoms with Crippen molar-refractivity contribution >= 4 is 23.6 Å². The summed E-state index contributed by atoms with van der Waals surface area (Å²) in [6.45, 7) is 7.70. The van der Waals surface area contributed by atoms with Gasteiger partial charge in [-0.2, -0.15) is 0 Å². The molecule has 1 unspecified atom stereocenters. The molecule has 2 amide bonds. The van der Waals surface area contributed by atoms with Crippen molar-refractivity contribution < 1.29 is 28.2 Å². The highest BCUT2D eigenvalue weighted by Gasteiger charge is 2.33. The van der Waals surface area contributed by atoms with E-state index in [9.17, 15) is 14.0 Å². The molecule has 34 heavy (non-hydrogen) atoms. The molecule has 1 aliphatic rings. The lowest BCUT2D eigenvalue weighted by Gasteiger charge is -2.38. The molecule has 1 heterocycles. The Hall–Kier alpha value is -3.00. The topological polar surface area (TPSA) is 68.3 Å². The van der Waals surface area contributed by atoms with Crippen LogP contribution >= 0.6 is 11.6 Å². The maximum atomic E-state index is 14.3. The Balaban J connectivity index is 1.75. The molecule has 0 bridgehead atoms. The lowest BCUT2D eigenvalue weighted by atomic mass is 9.99. The summed E-state index contributed by atoms with van der Waals surface area (Å²) in [5.41, 5.74) is 0.494. The predicted molar refractivity (Wildman–Crippen MR) is 127 cm³/mol. The second kappa shape index (κ2) is 10.5. The fraction of sp³-hybridized carbons (Fsp3) is 0.440. The third-order valence-corrected chi connectivity index (χ3v) is 5.80. The molecule has 1 atom stereocenters. The number of rotatable bonds is 6. The van der Waals surface area contributed by atoms with Crippen LogP contribution in [-0.4, -0.2) is 54.1 Å². The average Bonchev–Trinajstić information content (AvgIpc) is 2.76. The number of methoxy groups -OCH3 is 1. The summed E-state index contributed by atoms with van der Waals surface area (Å²) in [7, 11) is 1.58. The van der Waals surface area contributed by atoms with Gasteiger partial charge >= 0.3 is 6.09 Å². The average molecular weight is 493 g/mol. The summed E-state index contributed by atoms with van der Waals surface area (Å²) in [6.07, 6.45) is -0.532. The highest BCUT2D eigenvalue weighted by atomic mass is 35.5. The van der Waals surface area contributed by atoms with Gasteiger partial charge in [-0.05, 0) is 69.7 Å². The smallest absolute Gasteiger partial charge is 0.410 e. The molecule has 0 aromatic heterocycles. The van der Waals surface area contributed by atoms with Crippen LogP contribution < -0.4 is 9.47 Å². The van der Waals surface area contributed by atoms with Crippen molar-refractivity contribution in [3.63, 3.8) is 0 Å². The molecule has 0 radical (unpaired) electrons. The Morgan fingerprint density at radius 3 is 2.38 bits per heavy atom. The number of carbonyl (C=O) groups is 2. The maximum Gasteiger partial charge on any atom is 0.410 e. The maximum absolute atomic E-state index is 14.3. The minimum atomic E-state index is -0.651. The number of piperazine rings is 1. The zero-order valence-electron chi connectivity index (χ0n) is 20.1. The van der Waals surface area contributed by atoms with Gasteiger partial charge in [0.05, 0.1) is 18.2 Å². The third kappa shape index (κ3) is 6.32. The van der Waals surface area contributed by atoms with Crippen molar-refractivity contribution in [1.29, 1.82) is 0 Å². The van der Waals surface area contributed by atoms with E-state index in [0.717, 1.165) is 0 Å². The Kier molecular flexibility index (Phi) is 7.92. The van der Waals surface area contributed by atoms with Crippen LogP contribution in [-0.2, 0) is 16.1 Å². The van der Waals surface area contributed by atoms with Gasteiger partial charge in [0, 0.05) is 18.7 Å². The van der Waals surface area contributed by atoms with E-state index >= 15 is 0 Å². The minimum absolute atomic E-state index is 0.0944. The number of ether oxygens (including phenoxy) is 3. The van der Waals surface area contributed by atoms with E-state index in [-0.39, 0.29) is 30.6 Å². The predicted octanol–water partition coefficient (Wildman–Crippen LogP) is 5.21. The molecule has 9 heteroatoms. The molecule has 7 nitrogen and oxygen atoms in total. The van der Waals surface area contributed by atoms with Crippen LogP contribution in [0.1, 0.15) is 44.9 Å². The van der Waals surface area contributed by atoms with Gasteiger partial charge in [-0.25, -0.2) is 9.18 Å². The number of nitrogens with zero attached hydrogens (tertiary/aromatic N) is 2. The summed E-state index contributed by atoms with van der Waals surface area (Å²) >= 11 is 6.38. The molecular formula is C25H30ClFN2O5. The third-order valence-electron chi connectivity index (χ3n) is 5.46. The fourth-order valence-corrected chi connectivity index (χ4v) is 3.99. The Labute approximate surface area is 204 Å². The first kappa shape index (κ1) is 25.6. The van der Waals surface area contributed by atoms with Gasteiger partial charge < -0.3 is 19.1 Å². The fourth-order valence-electron chi connectivity index (χ4n) is 3.72. The molecule has 1 aliphatic heterocycles. The number of hydrogen-bond donors (Lipinski definition) is 0. The van der Waals surface area contributed by atoms with Gasteiger partial charge in [-0.1, -0.05) is 11.6 Å². The van der Waals surface area contributed by atoms with E-state index in [1.165, 1.54) is 17.0 Å². The van der Waals surface area contributed by atoms with Crippen molar-refractivity contribution in [2.24, 2.45) is 0 Å². The van der Waals surface area contributed by atoms with Gasteiger partial charge in [0.2, 0.25) is 5.91 Å². The number of benzene rings is 2. The Morgan fingerprint density at radius 2 is 1.79 bits per heavy atom. The molecule has 2 aromatic rings. The van der Waals surface area contributed by atoms with Gasteiger partial charge in [0.15, 0.2) is 0 Å². The summed E-state index contributed by atoms with van der Waals surface area (Å²) in [4.78, 5) is 28.3. The van der Waals surface area contributed by atoms with Gasteiger partial charge in [0.1, 0.15) is 36.1 Å². The van der Waals surface area contributed by atoms with Crippen LogP contribution in [0.3, 0.4) is 0 Å². The highest BCUT2D eigenvalue weighted by molar-refractivity contribution is 6.31. The van der Waals surface area contributed by atoms with Crippen LogP contribution in [0.25, 0.3) is 0 Å². The van der Waals surface area contributed by atoms with Gasteiger partial charge in [0.25, 0.3) is 0 Å².